The Balaban J connectivity index is 0.000000997. The highest BCUT2D eigenvalue weighted by Crippen LogP contribution is 2.33. The largest absolute Gasteiger partial charge is 0.478 e. The summed E-state index contributed by atoms with van der Waals surface area (Å²) in [6, 6.07) is 3.27. The van der Waals surface area contributed by atoms with Crippen LogP contribution in [0.15, 0.2) is 59.9 Å². The number of carbonyl (C=O) groups is 1. The van der Waals surface area contributed by atoms with Gasteiger partial charge in [0.25, 0.3) is 0 Å². The first-order valence-electron chi connectivity index (χ1n) is 14.0. The van der Waals surface area contributed by atoms with E-state index in [2.05, 4.69) is 56.6 Å². The fourth-order valence-electron chi connectivity index (χ4n) is 3.32. The Kier molecular flexibility index (Phi) is 19.7. The van der Waals surface area contributed by atoms with E-state index in [1.165, 1.54) is 44.3 Å². The minimum Gasteiger partial charge on any atom is -0.478 e. The number of carboxylic acids is 1. The van der Waals surface area contributed by atoms with E-state index in [4.69, 9.17) is 4.74 Å². The number of hydrogen-bond acceptors (Lipinski definition) is 4. The molecule has 0 aromatic heterocycles. The molecule has 0 saturated carbocycles. The molecule has 0 unspecified atom stereocenters. The Labute approximate surface area is 226 Å². The molecule has 0 saturated heterocycles. The summed E-state index contributed by atoms with van der Waals surface area (Å²) in [5.41, 5.74) is 2.96. The second-order valence-electron chi connectivity index (χ2n) is 9.14. The molecule has 0 radical (unpaired) electrons. The van der Waals surface area contributed by atoms with Crippen LogP contribution in [0.2, 0.25) is 0 Å². The van der Waals surface area contributed by atoms with Crippen molar-refractivity contribution in [3.63, 3.8) is 0 Å². The number of anilines is 1. The zero-order valence-corrected chi connectivity index (χ0v) is 24.6. The van der Waals surface area contributed by atoms with Gasteiger partial charge in [0.15, 0.2) is 5.75 Å². The quantitative estimate of drug-likeness (QED) is 0.132. The number of aromatic carboxylic acids is 1. The number of hydrogen-bond donors (Lipinski definition) is 3. The summed E-state index contributed by atoms with van der Waals surface area (Å²) in [6.45, 7) is 19.5. The maximum atomic E-state index is 11.4. The molecule has 0 spiro atoms. The van der Waals surface area contributed by atoms with Crippen molar-refractivity contribution in [2.75, 3.05) is 25.0 Å². The zero-order chi connectivity index (χ0) is 28.1. The average molecular weight is 513 g/mol. The Morgan fingerprint density at radius 2 is 1.78 bits per heavy atom. The van der Waals surface area contributed by atoms with Gasteiger partial charge in [-0.15, -0.1) is 0 Å². The van der Waals surface area contributed by atoms with Crippen molar-refractivity contribution in [3.8, 4) is 5.75 Å². The Bertz CT molecular complexity index is 890. The van der Waals surface area contributed by atoms with Crippen molar-refractivity contribution >= 4 is 11.7 Å². The van der Waals surface area contributed by atoms with Gasteiger partial charge in [0.2, 0.25) is 0 Å². The third-order valence-corrected chi connectivity index (χ3v) is 5.44. The first kappa shape index (κ1) is 34.2. The lowest BCUT2D eigenvalue weighted by atomic mass is 10.1. The van der Waals surface area contributed by atoms with Crippen LogP contribution in [-0.4, -0.2) is 30.7 Å². The second-order valence-corrected chi connectivity index (χ2v) is 9.14. The smallest absolute Gasteiger partial charge is 0.335 e. The Morgan fingerprint density at radius 1 is 1.14 bits per heavy atom. The van der Waals surface area contributed by atoms with Crippen LogP contribution in [0.3, 0.4) is 0 Å². The van der Waals surface area contributed by atoms with Gasteiger partial charge in [-0.05, 0) is 87.5 Å². The molecule has 5 heteroatoms. The summed E-state index contributed by atoms with van der Waals surface area (Å²) in [5, 5.41) is 16.1. The first-order chi connectivity index (χ1) is 17.8. The van der Waals surface area contributed by atoms with E-state index in [0.29, 0.717) is 23.9 Å². The highest BCUT2D eigenvalue weighted by Gasteiger charge is 2.15. The van der Waals surface area contributed by atoms with Crippen LogP contribution in [0.4, 0.5) is 5.69 Å². The van der Waals surface area contributed by atoms with Gasteiger partial charge in [0, 0.05) is 6.54 Å². The van der Waals surface area contributed by atoms with Crippen molar-refractivity contribution in [2.45, 2.75) is 87.5 Å². The molecule has 3 N–H and O–H groups in total. The van der Waals surface area contributed by atoms with Crippen LogP contribution in [0, 0.1) is 12.8 Å². The molecular weight excluding hydrogens is 460 g/mol. The number of ether oxygens (including phenoxy) is 1. The van der Waals surface area contributed by atoms with Gasteiger partial charge in [-0.1, -0.05) is 78.7 Å². The Hall–Kier alpha value is -2.79. The summed E-state index contributed by atoms with van der Waals surface area (Å²) in [6.07, 6.45) is 18.3. The van der Waals surface area contributed by atoms with Gasteiger partial charge in [0.1, 0.15) is 5.76 Å². The van der Waals surface area contributed by atoms with Crippen molar-refractivity contribution in [1.29, 1.82) is 0 Å². The zero-order valence-electron chi connectivity index (χ0n) is 24.6. The van der Waals surface area contributed by atoms with Crippen LogP contribution in [0.1, 0.15) is 96.5 Å². The topological polar surface area (TPSA) is 70.6 Å². The number of allylic oxidation sites excluding steroid dienone is 6. The van der Waals surface area contributed by atoms with E-state index in [0.717, 1.165) is 17.7 Å². The lowest BCUT2D eigenvalue weighted by molar-refractivity contribution is 0.0697. The average Bonchev–Trinajstić information content (AvgIpc) is 3.41. The molecule has 1 aliphatic rings. The fourth-order valence-corrected chi connectivity index (χ4v) is 3.32. The molecule has 1 aromatic rings. The van der Waals surface area contributed by atoms with Crippen molar-refractivity contribution < 1.29 is 14.6 Å². The molecule has 0 fully saturated rings. The molecule has 0 heterocycles. The molecule has 37 heavy (non-hydrogen) atoms. The van der Waals surface area contributed by atoms with Crippen molar-refractivity contribution in [1.82, 2.24) is 5.32 Å². The van der Waals surface area contributed by atoms with Crippen LogP contribution >= 0.6 is 0 Å². The molecule has 1 aliphatic carbocycles. The SMILES string of the molecule is C/C=C(\C=C/C(C)C)Oc1c(C)cc(C(=O)O)cc1NCC1=CC=CC1.CC.CCCCNCCCC. The number of carboxylic acid groups (broad SMARTS) is 1. The summed E-state index contributed by atoms with van der Waals surface area (Å²) in [4.78, 5) is 11.4. The standard InChI is InChI=1S/C22H27NO3.C8H19N.C2H6/c1-5-19(11-10-15(2)3)26-21-16(4)12-18(22(24)25)13-20(21)23-14-17-8-6-7-9-17;1-3-5-7-9-8-6-4-2;1-2/h5-8,10-13,15,23H,9,14H2,1-4H3,(H,24,25);9H,3-8H2,1-2H3;1-2H3/b11-10-,19-5+;;. The minimum absolute atomic E-state index is 0.246. The normalized spacial score (nSPS) is 12.6. The van der Waals surface area contributed by atoms with Gasteiger partial charge >= 0.3 is 5.97 Å². The number of nitrogens with one attached hydrogen (secondary N) is 2. The molecule has 0 aliphatic heterocycles. The maximum Gasteiger partial charge on any atom is 0.335 e. The second kappa shape index (κ2) is 21.3. The Morgan fingerprint density at radius 3 is 2.27 bits per heavy atom. The van der Waals surface area contributed by atoms with E-state index < -0.39 is 5.97 Å². The summed E-state index contributed by atoms with van der Waals surface area (Å²) in [5.74, 6) is 0.858. The van der Waals surface area contributed by atoms with Crippen LogP contribution in [0.25, 0.3) is 0 Å². The van der Waals surface area contributed by atoms with Crippen LogP contribution in [0.5, 0.6) is 5.75 Å². The van der Waals surface area contributed by atoms with Crippen LogP contribution in [-0.2, 0) is 0 Å². The van der Waals surface area contributed by atoms with E-state index in [1.54, 1.807) is 12.1 Å². The molecule has 0 amide bonds. The molecule has 1 aromatic carbocycles. The highest BCUT2D eigenvalue weighted by atomic mass is 16.5. The number of benzene rings is 1. The maximum absolute atomic E-state index is 11.4. The lowest BCUT2D eigenvalue weighted by Crippen LogP contribution is -2.15. The summed E-state index contributed by atoms with van der Waals surface area (Å²) >= 11 is 0. The molecule has 2 rings (SSSR count). The van der Waals surface area contributed by atoms with E-state index in [1.807, 2.05) is 45.9 Å². The van der Waals surface area contributed by atoms with Gasteiger partial charge in [-0.2, -0.15) is 0 Å². The van der Waals surface area contributed by atoms with Gasteiger partial charge in [-0.25, -0.2) is 4.79 Å². The van der Waals surface area contributed by atoms with E-state index in [9.17, 15) is 9.90 Å². The van der Waals surface area contributed by atoms with Gasteiger partial charge in [-0.3, -0.25) is 0 Å². The highest BCUT2D eigenvalue weighted by molar-refractivity contribution is 5.90. The third kappa shape index (κ3) is 15.1. The van der Waals surface area contributed by atoms with Crippen LogP contribution < -0.4 is 15.4 Å². The first-order valence-corrected chi connectivity index (χ1v) is 14.0. The number of unbranched alkanes of at least 4 members (excludes halogenated alkanes) is 2. The van der Waals surface area contributed by atoms with Gasteiger partial charge < -0.3 is 20.5 Å². The number of rotatable bonds is 14. The summed E-state index contributed by atoms with van der Waals surface area (Å²) < 4.78 is 6.11. The van der Waals surface area contributed by atoms with Crippen molar-refractivity contribution in [3.05, 3.63) is 71.0 Å². The lowest BCUT2D eigenvalue weighted by Gasteiger charge is -2.17. The third-order valence-electron chi connectivity index (χ3n) is 5.44. The predicted octanol–water partition coefficient (Wildman–Crippen LogP) is 8.69. The molecular formula is C32H52N2O3. The van der Waals surface area contributed by atoms with E-state index >= 15 is 0 Å². The van der Waals surface area contributed by atoms with Gasteiger partial charge in [0.05, 0.1) is 11.3 Å². The minimum atomic E-state index is -0.949. The monoisotopic (exact) mass is 512 g/mol. The molecule has 5 nitrogen and oxygen atoms in total. The molecule has 208 valence electrons. The molecule has 0 bridgehead atoms. The predicted molar refractivity (Wildman–Crippen MR) is 161 cm³/mol. The fraction of sp³-hybridized carbons (Fsp3) is 0.531. The summed E-state index contributed by atoms with van der Waals surface area (Å²) in [7, 11) is 0. The molecule has 0 atom stereocenters. The number of aryl methyl sites for hydroxylation is 1. The van der Waals surface area contributed by atoms with Crippen molar-refractivity contribution in [2.24, 2.45) is 5.92 Å². The van der Waals surface area contributed by atoms with E-state index in [-0.39, 0.29) is 5.56 Å².